The molecule has 1 saturated heterocycles. The number of anilines is 1. The summed E-state index contributed by atoms with van der Waals surface area (Å²) in [6.07, 6.45) is 1.63. The van der Waals surface area contributed by atoms with Gasteiger partial charge in [-0.25, -0.2) is 9.97 Å². The van der Waals surface area contributed by atoms with Gasteiger partial charge in [-0.3, -0.25) is 4.90 Å². The highest BCUT2D eigenvalue weighted by atomic mass is 35.5. The highest BCUT2D eigenvalue weighted by molar-refractivity contribution is 6.36. The summed E-state index contributed by atoms with van der Waals surface area (Å²) in [7, 11) is 0. The van der Waals surface area contributed by atoms with Crippen LogP contribution in [0.25, 0.3) is 10.9 Å². The quantitative estimate of drug-likeness (QED) is 0.715. The van der Waals surface area contributed by atoms with Gasteiger partial charge in [0.25, 0.3) is 0 Å². The van der Waals surface area contributed by atoms with Crippen molar-refractivity contribution in [2.75, 3.05) is 31.1 Å². The van der Waals surface area contributed by atoms with Crippen LogP contribution in [0.1, 0.15) is 11.1 Å². The van der Waals surface area contributed by atoms with Crippen molar-refractivity contribution in [1.82, 2.24) is 14.9 Å². The van der Waals surface area contributed by atoms with E-state index in [2.05, 4.69) is 51.0 Å². The van der Waals surface area contributed by atoms with Crippen molar-refractivity contribution in [2.24, 2.45) is 0 Å². The van der Waals surface area contributed by atoms with Crippen LogP contribution in [0.3, 0.4) is 0 Å². The molecule has 2 heterocycles. The Kier molecular flexibility index (Phi) is 4.55. The van der Waals surface area contributed by atoms with E-state index in [1.54, 1.807) is 6.33 Å². The van der Waals surface area contributed by atoms with E-state index in [9.17, 15) is 0 Å². The Morgan fingerprint density at radius 1 is 0.960 bits per heavy atom. The normalized spacial score (nSPS) is 15.7. The van der Waals surface area contributed by atoms with Crippen LogP contribution in [-0.2, 0) is 6.54 Å². The molecule has 0 atom stereocenters. The van der Waals surface area contributed by atoms with E-state index >= 15 is 0 Å². The van der Waals surface area contributed by atoms with Gasteiger partial charge in [-0.1, -0.05) is 41.9 Å². The van der Waals surface area contributed by atoms with Crippen LogP contribution in [0.4, 0.5) is 5.82 Å². The van der Waals surface area contributed by atoms with Gasteiger partial charge in [0.15, 0.2) is 0 Å². The smallest absolute Gasteiger partial charge is 0.141 e. The fraction of sp³-hybridized carbons (Fsp3) is 0.300. The fourth-order valence-corrected chi connectivity index (χ4v) is 3.69. The van der Waals surface area contributed by atoms with Gasteiger partial charge < -0.3 is 4.90 Å². The maximum Gasteiger partial charge on any atom is 0.141 e. The minimum absolute atomic E-state index is 0.718. The topological polar surface area (TPSA) is 32.3 Å². The first-order valence-electron chi connectivity index (χ1n) is 8.63. The van der Waals surface area contributed by atoms with E-state index in [4.69, 9.17) is 11.6 Å². The minimum Gasteiger partial charge on any atom is -0.353 e. The van der Waals surface area contributed by atoms with Crippen molar-refractivity contribution in [3.8, 4) is 0 Å². The predicted octanol–water partition coefficient (Wildman–Crippen LogP) is 3.91. The third kappa shape index (κ3) is 3.32. The van der Waals surface area contributed by atoms with Gasteiger partial charge in [0, 0.05) is 32.7 Å². The highest BCUT2D eigenvalue weighted by Gasteiger charge is 2.21. The van der Waals surface area contributed by atoms with Gasteiger partial charge in [-0.2, -0.15) is 0 Å². The SMILES string of the molecule is Cc1ccccc1CN1CCN(c2ncnc3cccc(Cl)c23)CC1. The maximum atomic E-state index is 6.42. The second-order valence-corrected chi connectivity index (χ2v) is 6.93. The Labute approximate surface area is 153 Å². The summed E-state index contributed by atoms with van der Waals surface area (Å²) in [5, 5.41) is 1.68. The summed E-state index contributed by atoms with van der Waals surface area (Å²) in [5.41, 5.74) is 3.67. The van der Waals surface area contributed by atoms with Crippen LogP contribution < -0.4 is 4.90 Å². The van der Waals surface area contributed by atoms with Crippen LogP contribution in [0, 0.1) is 6.92 Å². The molecule has 0 unspecified atom stereocenters. The van der Waals surface area contributed by atoms with Crippen LogP contribution in [0.2, 0.25) is 5.02 Å². The molecule has 1 aromatic heterocycles. The summed E-state index contributed by atoms with van der Waals surface area (Å²) in [6.45, 7) is 7.12. The minimum atomic E-state index is 0.718. The van der Waals surface area contributed by atoms with E-state index in [-0.39, 0.29) is 0 Å². The lowest BCUT2D eigenvalue weighted by atomic mass is 10.1. The molecule has 4 rings (SSSR count). The Hall–Kier alpha value is -2.17. The molecule has 0 spiro atoms. The summed E-state index contributed by atoms with van der Waals surface area (Å²) >= 11 is 6.42. The number of aryl methyl sites for hydroxylation is 1. The monoisotopic (exact) mass is 352 g/mol. The van der Waals surface area contributed by atoms with Crippen molar-refractivity contribution >= 4 is 28.3 Å². The molecule has 0 amide bonds. The van der Waals surface area contributed by atoms with Crippen LogP contribution >= 0.6 is 11.6 Å². The van der Waals surface area contributed by atoms with Crippen molar-refractivity contribution in [1.29, 1.82) is 0 Å². The number of fused-ring (bicyclic) bond motifs is 1. The number of aromatic nitrogens is 2. The van der Waals surface area contributed by atoms with E-state index in [0.717, 1.165) is 54.5 Å². The number of piperazine rings is 1. The number of hydrogen-bond acceptors (Lipinski definition) is 4. The molecule has 0 aliphatic carbocycles. The third-order valence-electron chi connectivity index (χ3n) is 4.92. The second kappa shape index (κ2) is 6.98. The van der Waals surface area contributed by atoms with E-state index in [1.165, 1.54) is 11.1 Å². The molecule has 1 aliphatic rings. The maximum absolute atomic E-state index is 6.42. The van der Waals surface area contributed by atoms with Crippen molar-refractivity contribution < 1.29 is 0 Å². The van der Waals surface area contributed by atoms with Crippen molar-refractivity contribution in [2.45, 2.75) is 13.5 Å². The Balaban J connectivity index is 1.50. The van der Waals surface area contributed by atoms with Gasteiger partial charge >= 0.3 is 0 Å². The largest absolute Gasteiger partial charge is 0.353 e. The zero-order valence-electron chi connectivity index (χ0n) is 14.3. The fourth-order valence-electron chi connectivity index (χ4n) is 3.44. The lowest BCUT2D eigenvalue weighted by Gasteiger charge is -2.36. The number of hydrogen-bond donors (Lipinski definition) is 0. The molecule has 0 radical (unpaired) electrons. The molecular weight excluding hydrogens is 332 g/mol. The molecule has 2 aromatic carbocycles. The average molecular weight is 353 g/mol. The number of halogens is 1. The van der Waals surface area contributed by atoms with Gasteiger partial charge in [0.1, 0.15) is 12.1 Å². The third-order valence-corrected chi connectivity index (χ3v) is 5.23. The lowest BCUT2D eigenvalue weighted by molar-refractivity contribution is 0.249. The lowest BCUT2D eigenvalue weighted by Crippen LogP contribution is -2.46. The van der Waals surface area contributed by atoms with Crippen LogP contribution in [0.5, 0.6) is 0 Å². The van der Waals surface area contributed by atoms with E-state index in [1.807, 2.05) is 18.2 Å². The summed E-state index contributed by atoms with van der Waals surface area (Å²) in [6, 6.07) is 14.4. The van der Waals surface area contributed by atoms with Gasteiger partial charge in [0.2, 0.25) is 0 Å². The zero-order chi connectivity index (χ0) is 17.2. The summed E-state index contributed by atoms with van der Waals surface area (Å²) in [5.74, 6) is 0.950. The molecular formula is C20H21ClN4. The van der Waals surface area contributed by atoms with Crippen molar-refractivity contribution in [3.63, 3.8) is 0 Å². The zero-order valence-corrected chi connectivity index (χ0v) is 15.1. The standard InChI is InChI=1S/C20H21ClN4/c1-15-5-2-3-6-16(15)13-24-9-11-25(12-10-24)20-19-17(21)7-4-8-18(19)22-14-23-20/h2-8,14H,9-13H2,1H3. The first-order chi connectivity index (χ1) is 12.2. The molecule has 0 N–H and O–H groups in total. The predicted molar refractivity (Wildman–Crippen MR) is 103 cm³/mol. The summed E-state index contributed by atoms with van der Waals surface area (Å²) < 4.78 is 0. The molecule has 5 heteroatoms. The number of nitrogens with zero attached hydrogens (tertiary/aromatic N) is 4. The number of rotatable bonds is 3. The van der Waals surface area contributed by atoms with E-state index < -0.39 is 0 Å². The van der Waals surface area contributed by atoms with Gasteiger partial charge in [-0.15, -0.1) is 0 Å². The molecule has 0 bridgehead atoms. The molecule has 128 valence electrons. The molecule has 3 aromatic rings. The molecule has 1 fully saturated rings. The van der Waals surface area contributed by atoms with Gasteiger partial charge in [-0.05, 0) is 30.2 Å². The first kappa shape index (κ1) is 16.3. The summed E-state index contributed by atoms with van der Waals surface area (Å²) in [4.78, 5) is 13.7. The highest BCUT2D eigenvalue weighted by Crippen LogP contribution is 2.30. The Morgan fingerprint density at radius 2 is 1.76 bits per heavy atom. The van der Waals surface area contributed by atoms with Crippen LogP contribution in [0.15, 0.2) is 48.8 Å². The molecule has 0 saturated carbocycles. The van der Waals surface area contributed by atoms with E-state index in [0.29, 0.717) is 0 Å². The molecule has 25 heavy (non-hydrogen) atoms. The number of benzene rings is 2. The average Bonchev–Trinajstić information content (AvgIpc) is 2.64. The molecule has 4 nitrogen and oxygen atoms in total. The second-order valence-electron chi connectivity index (χ2n) is 6.52. The van der Waals surface area contributed by atoms with Crippen molar-refractivity contribution in [3.05, 3.63) is 64.9 Å². The first-order valence-corrected chi connectivity index (χ1v) is 9.01. The Morgan fingerprint density at radius 3 is 2.56 bits per heavy atom. The Bertz CT molecular complexity index is 883. The van der Waals surface area contributed by atoms with Crippen LogP contribution in [-0.4, -0.2) is 41.0 Å². The molecule has 1 aliphatic heterocycles. The van der Waals surface area contributed by atoms with Gasteiger partial charge in [0.05, 0.1) is 15.9 Å².